The molecule has 0 aliphatic heterocycles. The maximum Gasteiger partial charge on any atom is 0.162 e. The van der Waals surface area contributed by atoms with Gasteiger partial charge in [-0.2, -0.15) is 0 Å². The topological polar surface area (TPSA) is 35.6 Å². The van der Waals surface area contributed by atoms with E-state index in [2.05, 4.69) is 167 Å². The molecule has 0 bridgehead atoms. The van der Waals surface area contributed by atoms with E-state index in [1.54, 1.807) is 0 Å². The highest BCUT2D eigenvalue weighted by atomic mass is 15.1. The van der Waals surface area contributed by atoms with Crippen LogP contribution < -0.4 is 0 Å². The fourth-order valence-corrected chi connectivity index (χ4v) is 7.50. The number of hydrogen-bond donors (Lipinski definition) is 0. The van der Waals surface area contributed by atoms with Gasteiger partial charge in [0, 0.05) is 44.4 Å². The van der Waals surface area contributed by atoms with Crippen LogP contribution in [0.1, 0.15) is 0 Å². The average molecular weight is 639 g/mol. The molecule has 0 aliphatic rings. The largest absolute Gasteiger partial charge is 0.309 e. The summed E-state index contributed by atoms with van der Waals surface area (Å²) in [7, 11) is 0. The van der Waals surface area contributed by atoms with Gasteiger partial charge in [0.25, 0.3) is 0 Å². The first kappa shape index (κ1) is 28.3. The lowest BCUT2D eigenvalue weighted by Crippen LogP contribution is -2.02. The summed E-state index contributed by atoms with van der Waals surface area (Å²) >= 11 is 0. The molecule has 4 heteroatoms. The van der Waals surface area contributed by atoms with Crippen molar-refractivity contribution < 1.29 is 0 Å². The molecule has 0 atom stereocenters. The molecule has 0 radical (unpaired) electrons. The summed E-state index contributed by atoms with van der Waals surface area (Å²) in [5.41, 5.74) is 11.0. The Morgan fingerprint density at radius 2 is 0.820 bits per heavy atom. The van der Waals surface area contributed by atoms with E-state index in [4.69, 9.17) is 9.97 Å². The molecule has 10 aromatic rings. The van der Waals surface area contributed by atoms with Crippen LogP contribution in [0.5, 0.6) is 0 Å². The van der Waals surface area contributed by atoms with Crippen molar-refractivity contribution in [3.63, 3.8) is 0 Å². The van der Waals surface area contributed by atoms with Gasteiger partial charge < -0.3 is 4.57 Å². The minimum atomic E-state index is 0.693. The maximum atomic E-state index is 5.28. The van der Waals surface area contributed by atoms with E-state index in [1.165, 1.54) is 43.7 Å². The van der Waals surface area contributed by atoms with Gasteiger partial charge in [-0.05, 0) is 47.5 Å². The van der Waals surface area contributed by atoms with E-state index in [0.717, 1.165) is 39.4 Å². The maximum absolute atomic E-state index is 5.28. The Balaban J connectivity index is 1.25. The second-order valence-corrected chi connectivity index (χ2v) is 12.6. The average Bonchev–Trinajstić information content (AvgIpc) is 3.72. The molecule has 234 valence electrons. The fraction of sp³-hybridized carbons (Fsp3) is 0. The molecule has 3 aromatic heterocycles. The number of rotatable bonds is 5. The van der Waals surface area contributed by atoms with Crippen molar-refractivity contribution in [1.29, 1.82) is 0 Å². The van der Waals surface area contributed by atoms with Gasteiger partial charge >= 0.3 is 0 Å². The van der Waals surface area contributed by atoms with Crippen LogP contribution in [0.2, 0.25) is 0 Å². The molecule has 10 rings (SSSR count). The molecule has 7 aromatic carbocycles. The summed E-state index contributed by atoms with van der Waals surface area (Å²) in [4.78, 5) is 10.4. The van der Waals surface area contributed by atoms with Gasteiger partial charge in [-0.1, -0.05) is 140 Å². The third-order valence-electron chi connectivity index (χ3n) is 9.75. The van der Waals surface area contributed by atoms with Gasteiger partial charge in [-0.25, -0.2) is 9.97 Å². The molecule has 0 amide bonds. The fourth-order valence-electron chi connectivity index (χ4n) is 7.50. The first-order valence-electron chi connectivity index (χ1n) is 16.9. The van der Waals surface area contributed by atoms with Crippen molar-refractivity contribution in [2.24, 2.45) is 0 Å². The summed E-state index contributed by atoms with van der Waals surface area (Å²) in [6, 6.07) is 64.1. The van der Waals surface area contributed by atoms with Crippen LogP contribution in [0, 0.1) is 0 Å². The molecule has 0 saturated heterocycles. The number of benzene rings is 7. The Kier molecular flexibility index (Phi) is 6.46. The quantitative estimate of drug-likeness (QED) is 0.188. The second kappa shape index (κ2) is 11.4. The Morgan fingerprint density at radius 1 is 0.340 bits per heavy atom. The standard InChI is InChI=1S/C46H30N4/c1-4-14-31(15-5-1)32-24-26-33(27-25-32)38-30-43(48-46(47-38)34-16-6-2-7-17-34)50-40-23-13-11-21-37(40)45-42(50)29-28-41-44(45)36-20-10-12-22-39(36)49(41)35-18-8-3-9-19-35/h1-30H. The van der Waals surface area contributed by atoms with Crippen molar-refractivity contribution in [3.05, 3.63) is 182 Å². The zero-order valence-electron chi connectivity index (χ0n) is 27.1. The first-order valence-corrected chi connectivity index (χ1v) is 16.9. The Bertz CT molecular complexity index is 2830. The van der Waals surface area contributed by atoms with Crippen LogP contribution in [-0.4, -0.2) is 19.1 Å². The third kappa shape index (κ3) is 4.46. The Morgan fingerprint density at radius 3 is 1.46 bits per heavy atom. The van der Waals surface area contributed by atoms with E-state index in [0.29, 0.717) is 5.82 Å². The Hall–Kier alpha value is -6.78. The van der Waals surface area contributed by atoms with Crippen LogP contribution in [0.4, 0.5) is 0 Å². The number of aromatic nitrogens is 4. The van der Waals surface area contributed by atoms with E-state index in [9.17, 15) is 0 Å². The summed E-state index contributed by atoms with van der Waals surface area (Å²) in [5, 5.41) is 4.88. The molecule has 0 saturated carbocycles. The minimum Gasteiger partial charge on any atom is -0.309 e. The molecule has 0 N–H and O–H groups in total. The van der Waals surface area contributed by atoms with Crippen molar-refractivity contribution in [2.45, 2.75) is 0 Å². The molecular formula is C46H30N4. The molecular weight excluding hydrogens is 609 g/mol. The van der Waals surface area contributed by atoms with Crippen molar-refractivity contribution >= 4 is 43.6 Å². The number of nitrogens with zero attached hydrogens (tertiary/aromatic N) is 4. The summed E-state index contributed by atoms with van der Waals surface area (Å²) in [6.45, 7) is 0. The second-order valence-electron chi connectivity index (χ2n) is 12.6. The highest BCUT2D eigenvalue weighted by molar-refractivity contribution is 6.28. The van der Waals surface area contributed by atoms with Gasteiger partial charge in [0.15, 0.2) is 5.82 Å². The molecule has 0 fully saturated rings. The zero-order chi connectivity index (χ0) is 33.0. The molecule has 50 heavy (non-hydrogen) atoms. The van der Waals surface area contributed by atoms with Crippen LogP contribution in [0.15, 0.2) is 182 Å². The number of fused-ring (bicyclic) bond motifs is 7. The van der Waals surface area contributed by atoms with E-state index in [1.807, 2.05) is 24.3 Å². The molecule has 3 heterocycles. The van der Waals surface area contributed by atoms with Crippen molar-refractivity contribution in [1.82, 2.24) is 19.1 Å². The molecule has 4 nitrogen and oxygen atoms in total. The predicted octanol–water partition coefficient (Wildman–Crippen LogP) is 11.7. The summed E-state index contributed by atoms with van der Waals surface area (Å²) in [5.74, 6) is 1.52. The molecule has 0 aliphatic carbocycles. The van der Waals surface area contributed by atoms with E-state index >= 15 is 0 Å². The highest BCUT2D eigenvalue weighted by Gasteiger charge is 2.21. The number of para-hydroxylation sites is 3. The molecule has 0 unspecified atom stereocenters. The van der Waals surface area contributed by atoms with Crippen LogP contribution in [0.3, 0.4) is 0 Å². The lowest BCUT2D eigenvalue weighted by Gasteiger charge is -2.12. The Labute approximate surface area is 289 Å². The van der Waals surface area contributed by atoms with Crippen molar-refractivity contribution in [3.8, 4) is 45.3 Å². The highest BCUT2D eigenvalue weighted by Crippen LogP contribution is 2.42. The molecule has 0 spiro atoms. The first-order chi connectivity index (χ1) is 24.8. The van der Waals surface area contributed by atoms with Gasteiger partial charge in [-0.15, -0.1) is 0 Å². The summed E-state index contributed by atoms with van der Waals surface area (Å²) in [6.07, 6.45) is 0. The lowest BCUT2D eigenvalue weighted by atomic mass is 10.0. The van der Waals surface area contributed by atoms with Crippen LogP contribution in [-0.2, 0) is 0 Å². The normalized spacial score (nSPS) is 11.6. The monoisotopic (exact) mass is 638 g/mol. The van der Waals surface area contributed by atoms with Crippen LogP contribution >= 0.6 is 0 Å². The SMILES string of the molecule is c1ccc(-c2ccc(-c3cc(-n4c5ccccc5c5c6c7ccccc7n(-c7ccccc7)c6ccc54)nc(-c4ccccc4)n3)cc2)cc1. The third-order valence-corrected chi connectivity index (χ3v) is 9.75. The van der Waals surface area contributed by atoms with Crippen molar-refractivity contribution in [2.75, 3.05) is 0 Å². The van der Waals surface area contributed by atoms with Gasteiger partial charge in [0.05, 0.1) is 27.8 Å². The van der Waals surface area contributed by atoms with Crippen LogP contribution in [0.25, 0.3) is 88.9 Å². The van der Waals surface area contributed by atoms with Gasteiger partial charge in [0.2, 0.25) is 0 Å². The number of hydrogen-bond acceptors (Lipinski definition) is 2. The van der Waals surface area contributed by atoms with Gasteiger partial charge in [-0.3, -0.25) is 4.57 Å². The minimum absolute atomic E-state index is 0.693. The van der Waals surface area contributed by atoms with E-state index in [-0.39, 0.29) is 0 Å². The lowest BCUT2D eigenvalue weighted by molar-refractivity contribution is 1.05. The van der Waals surface area contributed by atoms with E-state index < -0.39 is 0 Å². The zero-order valence-corrected chi connectivity index (χ0v) is 27.1. The predicted molar refractivity (Wildman–Crippen MR) is 207 cm³/mol. The smallest absolute Gasteiger partial charge is 0.162 e. The summed E-state index contributed by atoms with van der Waals surface area (Å²) < 4.78 is 4.69. The van der Waals surface area contributed by atoms with Gasteiger partial charge in [0.1, 0.15) is 5.82 Å².